The fourth-order valence-corrected chi connectivity index (χ4v) is 2.69. The Bertz CT molecular complexity index is 982. The zero-order valence-electron chi connectivity index (χ0n) is 15.5. The van der Waals surface area contributed by atoms with Crippen LogP contribution in [0.1, 0.15) is 24.2 Å². The number of benzene rings is 2. The molecule has 0 atom stereocenters. The second kappa shape index (κ2) is 7.59. The standard InChI is InChI=1S/C20H19N3O5/c1-12(2)27-15-6-3-13(4-7-15)18(24)21-20-23-22-19(28-20)14-5-8-16-17(11-14)26-10-9-25-16/h3-8,11-12H,9-10H2,1-2H3,(H,21,23,24). The molecule has 1 aliphatic rings. The van der Waals surface area contributed by atoms with Crippen molar-refractivity contribution in [1.82, 2.24) is 10.2 Å². The molecule has 8 nitrogen and oxygen atoms in total. The van der Waals surface area contributed by atoms with Crippen molar-refractivity contribution in [3.63, 3.8) is 0 Å². The van der Waals surface area contributed by atoms with Crippen LogP contribution in [0.15, 0.2) is 46.9 Å². The minimum Gasteiger partial charge on any atom is -0.491 e. The molecule has 1 amide bonds. The maximum Gasteiger partial charge on any atom is 0.322 e. The predicted molar refractivity (Wildman–Crippen MR) is 101 cm³/mol. The number of anilines is 1. The number of amides is 1. The summed E-state index contributed by atoms with van der Waals surface area (Å²) >= 11 is 0. The second-order valence-electron chi connectivity index (χ2n) is 6.42. The number of rotatable bonds is 5. The molecule has 0 saturated carbocycles. The van der Waals surface area contributed by atoms with Crippen LogP contribution in [0.25, 0.3) is 11.5 Å². The molecule has 0 bridgehead atoms. The zero-order valence-corrected chi connectivity index (χ0v) is 15.5. The van der Waals surface area contributed by atoms with E-state index < -0.39 is 0 Å². The molecule has 0 radical (unpaired) electrons. The van der Waals surface area contributed by atoms with Crippen molar-refractivity contribution < 1.29 is 23.4 Å². The first-order valence-corrected chi connectivity index (χ1v) is 8.90. The third kappa shape index (κ3) is 3.90. The van der Waals surface area contributed by atoms with Crippen molar-refractivity contribution in [3.8, 4) is 28.7 Å². The number of fused-ring (bicyclic) bond motifs is 1. The van der Waals surface area contributed by atoms with E-state index in [1.807, 2.05) is 13.8 Å². The average molecular weight is 381 g/mol. The van der Waals surface area contributed by atoms with E-state index in [1.54, 1.807) is 42.5 Å². The molecule has 1 N–H and O–H groups in total. The first-order chi connectivity index (χ1) is 13.6. The lowest BCUT2D eigenvalue weighted by Crippen LogP contribution is -2.15. The van der Waals surface area contributed by atoms with Gasteiger partial charge in [-0.3, -0.25) is 10.1 Å². The molecule has 8 heteroatoms. The van der Waals surface area contributed by atoms with Crippen molar-refractivity contribution in [1.29, 1.82) is 0 Å². The molecule has 3 aromatic rings. The Labute approximate surface area is 161 Å². The normalized spacial score (nSPS) is 12.7. The van der Waals surface area contributed by atoms with Crippen molar-refractivity contribution in [3.05, 3.63) is 48.0 Å². The maximum absolute atomic E-state index is 12.4. The van der Waals surface area contributed by atoms with Crippen molar-refractivity contribution in [2.24, 2.45) is 0 Å². The van der Waals surface area contributed by atoms with Crippen LogP contribution in [0, 0.1) is 0 Å². The Morgan fingerprint density at radius 2 is 1.79 bits per heavy atom. The molecular weight excluding hydrogens is 362 g/mol. The molecule has 0 spiro atoms. The SMILES string of the molecule is CC(C)Oc1ccc(C(=O)Nc2nnc(-c3ccc4c(c3)OCCO4)o2)cc1. The summed E-state index contributed by atoms with van der Waals surface area (Å²) in [5, 5.41) is 10.5. The summed E-state index contributed by atoms with van der Waals surface area (Å²) < 4.78 is 22.2. The average Bonchev–Trinajstić information content (AvgIpc) is 3.16. The molecule has 1 aromatic heterocycles. The smallest absolute Gasteiger partial charge is 0.322 e. The molecule has 0 aliphatic carbocycles. The Morgan fingerprint density at radius 1 is 1.04 bits per heavy atom. The van der Waals surface area contributed by atoms with Crippen LogP contribution in [0.4, 0.5) is 6.01 Å². The number of hydrogen-bond acceptors (Lipinski definition) is 7. The van der Waals surface area contributed by atoms with Crippen LogP contribution < -0.4 is 19.5 Å². The van der Waals surface area contributed by atoms with Crippen LogP contribution in [0.2, 0.25) is 0 Å². The molecule has 2 heterocycles. The summed E-state index contributed by atoms with van der Waals surface area (Å²) in [6.45, 7) is 4.89. The highest BCUT2D eigenvalue weighted by atomic mass is 16.6. The summed E-state index contributed by atoms with van der Waals surface area (Å²) in [4.78, 5) is 12.4. The lowest BCUT2D eigenvalue weighted by molar-refractivity contribution is 0.102. The first kappa shape index (κ1) is 17.8. The van der Waals surface area contributed by atoms with Gasteiger partial charge in [-0.15, -0.1) is 5.10 Å². The zero-order chi connectivity index (χ0) is 19.5. The first-order valence-electron chi connectivity index (χ1n) is 8.90. The molecular formula is C20H19N3O5. The van der Waals surface area contributed by atoms with Crippen molar-refractivity contribution in [2.45, 2.75) is 20.0 Å². The third-order valence-corrected chi connectivity index (χ3v) is 3.92. The van der Waals surface area contributed by atoms with E-state index in [1.165, 1.54) is 0 Å². The van der Waals surface area contributed by atoms with Crippen LogP contribution in [-0.2, 0) is 0 Å². The van der Waals surface area contributed by atoms with Gasteiger partial charge in [-0.1, -0.05) is 5.10 Å². The number of aromatic nitrogens is 2. The van der Waals surface area contributed by atoms with E-state index in [2.05, 4.69) is 15.5 Å². The van der Waals surface area contributed by atoms with Gasteiger partial charge < -0.3 is 18.6 Å². The molecule has 0 fully saturated rings. The lowest BCUT2D eigenvalue weighted by atomic mass is 10.2. The van der Waals surface area contributed by atoms with E-state index in [0.717, 1.165) is 0 Å². The van der Waals surface area contributed by atoms with E-state index >= 15 is 0 Å². The number of ether oxygens (including phenoxy) is 3. The van der Waals surface area contributed by atoms with Crippen LogP contribution >= 0.6 is 0 Å². The summed E-state index contributed by atoms with van der Waals surface area (Å²) in [7, 11) is 0. The number of nitrogens with one attached hydrogen (secondary N) is 1. The summed E-state index contributed by atoms with van der Waals surface area (Å²) in [5.41, 5.74) is 1.13. The minimum absolute atomic E-state index is 0.0115. The number of nitrogens with zero attached hydrogens (tertiary/aromatic N) is 2. The lowest BCUT2D eigenvalue weighted by Gasteiger charge is -2.18. The van der Waals surface area contributed by atoms with Crippen LogP contribution in [-0.4, -0.2) is 35.4 Å². The Balaban J connectivity index is 1.45. The van der Waals surface area contributed by atoms with Gasteiger partial charge in [0.05, 0.1) is 6.10 Å². The van der Waals surface area contributed by atoms with Gasteiger partial charge in [0.1, 0.15) is 19.0 Å². The molecule has 144 valence electrons. The molecule has 28 heavy (non-hydrogen) atoms. The fraction of sp³-hybridized carbons (Fsp3) is 0.250. The highest BCUT2D eigenvalue weighted by Gasteiger charge is 2.17. The van der Waals surface area contributed by atoms with Crippen LogP contribution in [0.5, 0.6) is 17.2 Å². The highest BCUT2D eigenvalue weighted by molar-refractivity contribution is 6.03. The van der Waals surface area contributed by atoms with Gasteiger partial charge in [0.15, 0.2) is 11.5 Å². The minimum atomic E-state index is -0.353. The molecule has 4 rings (SSSR count). The Morgan fingerprint density at radius 3 is 2.54 bits per heavy atom. The largest absolute Gasteiger partial charge is 0.491 e. The van der Waals surface area contributed by atoms with Crippen molar-refractivity contribution >= 4 is 11.9 Å². The highest BCUT2D eigenvalue weighted by Crippen LogP contribution is 2.34. The molecule has 2 aromatic carbocycles. The molecule has 0 saturated heterocycles. The molecule has 1 aliphatic heterocycles. The van der Waals surface area contributed by atoms with E-state index in [9.17, 15) is 4.79 Å². The van der Waals surface area contributed by atoms with Gasteiger partial charge in [0.25, 0.3) is 5.91 Å². The summed E-state index contributed by atoms with van der Waals surface area (Å²) in [6, 6.07) is 12.2. The van der Waals surface area contributed by atoms with Gasteiger partial charge in [-0.05, 0) is 56.3 Å². The summed E-state index contributed by atoms with van der Waals surface area (Å²) in [5.74, 6) is 1.91. The van der Waals surface area contributed by atoms with E-state index in [4.69, 9.17) is 18.6 Å². The van der Waals surface area contributed by atoms with Crippen molar-refractivity contribution in [2.75, 3.05) is 18.5 Å². The molecule has 0 unspecified atom stereocenters. The maximum atomic E-state index is 12.4. The Hall–Kier alpha value is -3.55. The van der Waals surface area contributed by atoms with E-state index in [-0.39, 0.29) is 23.9 Å². The topological polar surface area (TPSA) is 95.7 Å². The van der Waals surface area contributed by atoms with Gasteiger partial charge in [0, 0.05) is 11.1 Å². The number of carbonyl (C=O) groups is 1. The van der Waals surface area contributed by atoms with Gasteiger partial charge in [-0.25, -0.2) is 0 Å². The summed E-state index contributed by atoms with van der Waals surface area (Å²) in [6.07, 6.45) is 0.0667. The number of carbonyl (C=O) groups excluding carboxylic acids is 1. The Kier molecular flexibility index (Phi) is 4.84. The second-order valence-corrected chi connectivity index (χ2v) is 6.42. The van der Waals surface area contributed by atoms with Gasteiger partial charge >= 0.3 is 6.01 Å². The third-order valence-electron chi connectivity index (χ3n) is 3.92. The monoisotopic (exact) mass is 381 g/mol. The van der Waals surface area contributed by atoms with Crippen LogP contribution in [0.3, 0.4) is 0 Å². The van der Waals surface area contributed by atoms with Gasteiger partial charge in [0.2, 0.25) is 5.89 Å². The fourth-order valence-electron chi connectivity index (χ4n) is 2.69. The quantitative estimate of drug-likeness (QED) is 0.722. The number of hydrogen-bond donors (Lipinski definition) is 1. The predicted octanol–water partition coefficient (Wildman–Crippen LogP) is 3.55. The van der Waals surface area contributed by atoms with Gasteiger partial charge in [-0.2, -0.15) is 0 Å². The van der Waals surface area contributed by atoms with E-state index in [0.29, 0.717) is 41.6 Å².